The Bertz CT molecular complexity index is 898. The molecule has 3 rings (SSSR count). The molecule has 1 saturated heterocycles. The van der Waals surface area contributed by atoms with Gasteiger partial charge in [0.15, 0.2) is 0 Å². The maximum Gasteiger partial charge on any atom is 0.226 e. The summed E-state index contributed by atoms with van der Waals surface area (Å²) in [5.74, 6) is 0.525. The predicted octanol–water partition coefficient (Wildman–Crippen LogP) is 2.37. The minimum atomic E-state index is -3.16. The van der Waals surface area contributed by atoms with Gasteiger partial charge in [0.2, 0.25) is 21.8 Å². The first-order chi connectivity index (χ1) is 13.4. The summed E-state index contributed by atoms with van der Waals surface area (Å²) in [6.07, 6.45) is 3.33. The molecule has 1 aromatic carbocycles. The van der Waals surface area contributed by atoms with Crippen molar-refractivity contribution >= 4 is 15.9 Å². The number of hydrogen-bond acceptors (Lipinski definition) is 5. The van der Waals surface area contributed by atoms with Gasteiger partial charge in [0.25, 0.3) is 0 Å². The third-order valence-electron chi connectivity index (χ3n) is 5.11. The standard InChI is InChI=1S/C20H27N3O4S/c1-3-28(25,26)23-12-9-16(10-13-23)19(24)21-11-8-18-14-27-20(22-18)17-6-4-15(2)5-7-17/h4-7,14,16H,3,8-13H2,1-2H3,(H,21,24). The highest BCUT2D eigenvalue weighted by Gasteiger charge is 2.29. The molecule has 1 aliphatic heterocycles. The average molecular weight is 406 g/mol. The Morgan fingerprint density at radius 1 is 1.25 bits per heavy atom. The SMILES string of the molecule is CCS(=O)(=O)N1CCC(C(=O)NCCc2coc(-c3ccc(C)cc3)n2)CC1. The number of hydrogen-bond donors (Lipinski definition) is 1. The van der Waals surface area contributed by atoms with E-state index in [1.165, 1.54) is 9.87 Å². The molecule has 28 heavy (non-hydrogen) atoms. The third kappa shape index (κ3) is 4.99. The van der Waals surface area contributed by atoms with Crippen LogP contribution >= 0.6 is 0 Å². The number of rotatable bonds is 7. The minimum absolute atomic E-state index is 0.0178. The van der Waals surface area contributed by atoms with E-state index in [0.29, 0.717) is 44.8 Å². The van der Waals surface area contributed by atoms with Crippen LogP contribution in [0.1, 0.15) is 31.0 Å². The zero-order valence-corrected chi connectivity index (χ0v) is 17.2. The second-order valence-electron chi connectivity index (χ2n) is 7.12. The molecule has 0 unspecified atom stereocenters. The van der Waals surface area contributed by atoms with E-state index >= 15 is 0 Å². The number of benzene rings is 1. The normalized spacial score (nSPS) is 16.2. The number of carbonyl (C=O) groups excluding carboxylic acids is 1. The molecule has 1 N–H and O–H groups in total. The van der Waals surface area contributed by atoms with Crippen molar-refractivity contribution in [3.8, 4) is 11.5 Å². The fraction of sp³-hybridized carbons (Fsp3) is 0.500. The molecule has 0 bridgehead atoms. The zero-order chi connectivity index (χ0) is 20.1. The van der Waals surface area contributed by atoms with Crippen LogP contribution in [0.2, 0.25) is 0 Å². The summed E-state index contributed by atoms with van der Waals surface area (Å²) in [4.78, 5) is 16.8. The van der Waals surface area contributed by atoms with E-state index in [4.69, 9.17) is 4.42 Å². The van der Waals surface area contributed by atoms with Crippen LogP contribution in [-0.2, 0) is 21.2 Å². The highest BCUT2D eigenvalue weighted by Crippen LogP contribution is 2.21. The van der Waals surface area contributed by atoms with Crippen LogP contribution in [0.15, 0.2) is 34.9 Å². The highest BCUT2D eigenvalue weighted by molar-refractivity contribution is 7.89. The van der Waals surface area contributed by atoms with Gasteiger partial charge in [0, 0.05) is 37.5 Å². The van der Waals surface area contributed by atoms with Gasteiger partial charge >= 0.3 is 0 Å². The molecule has 2 heterocycles. The summed E-state index contributed by atoms with van der Waals surface area (Å²) in [6.45, 7) is 4.98. The van der Waals surface area contributed by atoms with E-state index in [1.54, 1.807) is 13.2 Å². The van der Waals surface area contributed by atoms with Crippen LogP contribution in [0.25, 0.3) is 11.5 Å². The lowest BCUT2D eigenvalue weighted by Gasteiger charge is -2.30. The van der Waals surface area contributed by atoms with Crippen molar-refractivity contribution in [2.24, 2.45) is 5.92 Å². The number of aryl methyl sites for hydroxylation is 1. The highest BCUT2D eigenvalue weighted by atomic mass is 32.2. The van der Waals surface area contributed by atoms with Crippen molar-refractivity contribution in [3.05, 3.63) is 41.8 Å². The van der Waals surface area contributed by atoms with Crippen molar-refractivity contribution in [1.29, 1.82) is 0 Å². The molecule has 0 saturated carbocycles. The Morgan fingerprint density at radius 2 is 1.93 bits per heavy atom. The number of piperidine rings is 1. The van der Waals surface area contributed by atoms with Crippen LogP contribution in [0, 0.1) is 12.8 Å². The Labute approximate surface area is 166 Å². The molecular formula is C20H27N3O4S. The number of aromatic nitrogens is 1. The lowest BCUT2D eigenvalue weighted by atomic mass is 9.97. The lowest BCUT2D eigenvalue weighted by Crippen LogP contribution is -2.43. The van der Waals surface area contributed by atoms with Gasteiger partial charge in [-0.15, -0.1) is 0 Å². The van der Waals surface area contributed by atoms with Crippen molar-refractivity contribution < 1.29 is 17.6 Å². The smallest absolute Gasteiger partial charge is 0.226 e. The van der Waals surface area contributed by atoms with E-state index in [9.17, 15) is 13.2 Å². The van der Waals surface area contributed by atoms with E-state index in [2.05, 4.69) is 10.3 Å². The largest absolute Gasteiger partial charge is 0.444 e. The van der Waals surface area contributed by atoms with Crippen molar-refractivity contribution in [2.75, 3.05) is 25.4 Å². The van der Waals surface area contributed by atoms with Crippen molar-refractivity contribution in [2.45, 2.75) is 33.1 Å². The Kier molecular flexibility index (Phi) is 6.51. The van der Waals surface area contributed by atoms with E-state index in [-0.39, 0.29) is 17.6 Å². The molecule has 0 spiro atoms. The molecule has 0 radical (unpaired) electrons. The Morgan fingerprint density at radius 3 is 2.57 bits per heavy atom. The predicted molar refractivity (Wildman–Crippen MR) is 107 cm³/mol. The maximum absolute atomic E-state index is 12.3. The lowest BCUT2D eigenvalue weighted by molar-refractivity contribution is -0.126. The number of oxazole rings is 1. The van der Waals surface area contributed by atoms with Crippen LogP contribution in [-0.4, -0.2) is 49.0 Å². The summed E-state index contributed by atoms with van der Waals surface area (Å²) < 4.78 is 30.8. The molecule has 1 aliphatic rings. The first-order valence-corrected chi connectivity index (χ1v) is 11.3. The second-order valence-corrected chi connectivity index (χ2v) is 9.38. The summed E-state index contributed by atoms with van der Waals surface area (Å²) in [5, 5.41) is 2.94. The van der Waals surface area contributed by atoms with Crippen LogP contribution in [0.3, 0.4) is 0 Å². The number of amides is 1. The van der Waals surface area contributed by atoms with Gasteiger partial charge in [0.1, 0.15) is 6.26 Å². The number of nitrogens with zero attached hydrogens (tertiary/aromatic N) is 2. The fourth-order valence-electron chi connectivity index (χ4n) is 3.29. The second kappa shape index (κ2) is 8.87. The van der Waals surface area contributed by atoms with Gasteiger partial charge < -0.3 is 9.73 Å². The van der Waals surface area contributed by atoms with Gasteiger partial charge in [0.05, 0.1) is 11.4 Å². The molecule has 2 aromatic rings. The summed E-state index contributed by atoms with van der Waals surface area (Å²) in [5.41, 5.74) is 2.89. The van der Waals surface area contributed by atoms with E-state index < -0.39 is 10.0 Å². The van der Waals surface area contributed by atoms with Crippen LogP contribution in [0.5, 0.6) is 0 Å². The van der Waals surface area contributed by atoms with E-state index in [0.717, 1.165) is 11.3 Å². The van der Waals surface area contributed by atoms with Crippen molar-refractivity contribution in [1.82, 2.24) is 14.6 Å². The van der Waals surface area contributed by atoms with Gasteiger partial charge in [-0.3, -0.25) is 4.79 Å². The summed E-state index contributed by atoms with van der Waals surface area (Å²) in [6, 6.07) is 7.96. The molecule has 8 heteroatoms. The van der Waals surface area contributed by atoms with Gasteiger partial charge in [-0.25, -0.2) is 17.7 Å². The van der Waals surface area contributed by atoms with E-state index in [1.807, 2.05) is 31.2 Å². The van der Waals surface area contributed by atoms with Gasteiger partial charge in [-0.2, -0.15) is 0 Å². The van der Waals surface area contributed by atoms with Gasteiger partial charge in [-0.05, 0) is 38.8 Å². The quantitative estimate of drug-likeness (QED) is 0.763. The topological polar surface area (TPSA) is 92.5 Å². The molecule has 7 nitrogen and oxygen atoms in total. The van der Waals surface area contributed by atoms with Crippen molar-refractivity contribution in [3.63, 3.8) is 0 Å². The maximum atomic E-state index is 12.3. The first kappa shape index (κ1) is 20.5. The Balaban J connectivity index is 1.44. The number of nitrogens with one attached hydrogen (secondary N) is 1. The molecule has 1 amide bonds. The van der Waals surface area contributed by atoms with Gasteiger partial charge in [-0.1, -0.05) is 17.7 Å². The zero-order valence-electron chi connectivity index (χ0n) is 16.3. The summed E-state index contributed by atoms with van der Waals surface area (Å²) >= 11 is 0. The Hall–Kier alpha value is -2.19. The summed E-state index contributed by atoms with van der Waals surface area (Å²) in [7, 11) is -3.16. The number of carbonyl (C=O) groups is 1. The molecule has 0 aliphatic carbocycles. The molecule has 1 fully saturated rings. The van der Waals surface area contributed by atoms with Crippen LogP contribution < -0.4 is 5.32 Å². The third-order valence-corrected chi connectivity index (χ3v) is 7.00. The fourth-order valence-corrected chi connectivity index (χ4v) is 4.42. The minimum Gasteiger partial charge on any atom is -0.444 e. The average Bonchev–Trinajstić information content (AvgIpc) is 3.17. The first-order valence-electron chi connectivity index (χ1n) is 9.66. The number of sulfonamides is 1. The molecule has 1 aromatic heterocycles. The molecule has 152 valence electrons. The molecule has 0 atom stereocenters. The van der Waals surface area contributed by atoms with Crippen LogP contribution in [0.4, 0.5) is 0 Å². The molecular weight excluding hydrogens is 378 g/mol. The monoisotopic (exact) mass is 405 g/mol.